The van der Waals surface area contributed by atoms with Gasteiger partial charge in [0.05, 0.1) is 0 Å². The maximum absolute atomic E-state index is 5.77. The summed E-state index contributed by atoms with van der Waals surface area (Å²) in [6, 6.07) is 0. The Kier molecular flexibility index (Phi) is 1.78. The quantitative estimate of drug-likeness (QED) is 0.674. The van der Waals surface area contributed by atoms with Crippen LogP contribution in [-0.4, -0.2) is 15.0 Å². The maximum Gasteiger partial charge on any atom is 0.176 e. The third kappa shape index (κ3) is 1.23. The smallest absolute Gasteiger partial charge is 0.176 e. The second-order valence-electron chi connectivity index (χ2n) is 1.78. The first-order valence-corrected chi connectivity index (χ1v) is 4.68. The first kappa shape index (κ1) is 7.39. The van der Waals surface area contributed by atoms with Crippen molar-refractivity contribution in [1.29, 1.82) is 0 Å². The summed E-state index contributed by atoms with van der Waals surface area (Å²) < 4.78 is 1.59. The lowest BCUT2D eigenvalue weighted by Gasteiger charge is -1.86. The molecule has 2 aromatic heterocycles. The van der Waals surface area contributed by atoms with E-state index in [0.29, 0.717) is 10.8 Å². The molecule has 0 amide bonds. The molecule has 0 fully saturated rings. The standard InChI is InChI=1S/C5HBrClN3S/c6-5-10-4-2(11-5)3(7)8-1-9-4/h1H. The molecule has 11 heavy (non-hydrogen) atoms. The SMILES string of the molecule is Clc1ncnc2nc(Br)sc12. The molecule has 0 bridgehead atoms. The van der Waals surface area contributed by atoms with Gasteiger partial charge in [-0.2, -0.15) is 0 Å². The molecule has 0 saturated heterocycles. The third-order valence-corrected chi connectivity index (χ3v) is 3.02. The van der Waals surface area contributed by atoms with Crippen LogP contribution in [0.2, 0.25) is 5.15 Å². The van der Waals surface area contributed by atoms with E-state index < -0.39 is 0 Å². The number of rotatable bonds is 0. The van der Waals surface area contributed by atoms with E-state index in [0.717, 1.165) is 8.62 Å². The molecule has 56 valence electrons. The molecule has 0 radical (unpaired) electrons. The van der Waals surface area contributed by atoms with Crippen molar-refractivity contribution in [1.82, 2.24) is 15.0 Å². The van der Waals surface area contributed by atoms with Gasteiger partial charge in [-0.3, -0.25) is 0 Å². The van der Waals surface area contributed by atoms with E-state index in [4.69, 9.17) is 11.6 Å². The number of thiazole rings is 1. The fraction of sp³-hybridized carbons (Fsp3) is 0. The Morgan fingerprint density at radius 1 is 1.45 bits per heavy atom. The Morgan fingerprint density at radius 2 is 2.27 bits per heavy atom. The number of aromatic nitrogens is 3. The average Bonchev–Trinajstić information content (AvgIpc) is 2.31. The Balaban J connectivity index is 2.90. The number of hydrogen-bond donors (Lipinski definition) is 0. The maximum atomic E-state index is 5.77. The minimum absolute atomic E-state index is 0.457. The zero-order valence-corrected chi connectivity index (χ0v) is 8.24. The molecule has 0 N–H and O–H groups in total. The van der Waals surface area contributed by atoms with Gasteiger partial charge in [0.25, 0.3) is 0 Å². The van der Waals surface area contributed by atoms with Gasteiger partial charge in [0, 0.05) is 0 Å². The predicted octanol–water partition coefficient (Wildman–Crippen LogP) is 2.50. The molecule has 0 aliphatic carbocycles. The lowest BCUT2D eigenvalue weighted by Crippen LogP contribution is -1.78. The van der Waals surface area contributed by atoms with Gasteiger partial charge >= 0.3 is 0 Å². The average molecular weight is 251 g/mol. The van der Waals surface area contributed by atoms with Crippen LogP contribution < -0.4 is 0 Å². The second-order valence-corrected chi connectivity index (χ2v) is 4.42. The Bertz CT molecular complexity index is 402. The summed E-state index contributed by atoms with van der Waals surface area (Å²) in [7, 11) is 0. The molecule has 0 aliphatic rings. The molecule has 0 spiro atoms. The van der Waals surface area contributed by atoms with Gasteiger partial charge in [0.15, 0.2) is 14.7 Å². The summed E-state index contributed by atoms with van der Waals surface area (Å²) in [6.07, 6.45) is 1.40. The monoisotopic (exact) mass is 249 g/mol. The number of nitrogens with zero attached hydrogens (tertiary/aromatic N) is 3. The van der Waals surface area contributed by atoms with Crippen LogP contribution >= 0.6 is 38.9 Å². The van der Waals surface area contributed by atoms with Crippen molar-refractivity contribution in [3.63, 3.8) is 0 Å². The Hall–Kier alpha value is -0.260. The second kappa shape index (κ2) is 2.66. The summed E-state index contributed by atoms with van der Waals surface area (Å²) in [5.41, 5.74) is 0.641. The van der Waals surface area contributed by atoms with Crippen molar-refractivity contribution < 1.29 is 0 Å². The highest BCUT2D eigenvalue weighted by molar-refractivity contribution is 9.11. The van der Waals surface area contributed by atoms with Crippen LogP contribution in [0.15, 0.2) is 10.2 Å². The molecule has 0 unspecified atom stereocenters. The van der Waals surface area contributed by atoms with Gasteiger partial charge in [-0.15, -0.1) is 11.3 Å². The van der Waals surface area contributed by atoms with E-state index in [1.807, 2.05) is 0 Å². The summed E-state index contributed by atoms with van der Waals surface area (Å²) in [4.78, 5) is 11.8. The van der Waals surface area contributed by atoms with Crippen LogP contribution in [-0.2, 0) is 0 Å². The zero-order chi connectivity index (χ0) is 7.84. The lowest BCUT2D eigenvalue weighted by atomic mass is 10.6. The number of halogens is 2. The van der Waals surface area contributed by atoms with Crippen LogP contribution in [0.25, 0.3) is 10.3 Å². The van der Waals surface area contributed by atoms with Crippen LogP contribution in [0.5, 0.6) is 0 Å². The van der Waals surface area contributed by atoms with E-state index in [1.165, 1.54) is 17.7 Å². The van der Waals surface area contributed by atoms with Gasteiger partial charge in [-0.25, -0.2) is 15.0 Å². The molecule has 2 aromatic rings. The topological polar surface area (TPSA) is 38.7 Å². The summed E-state index contributed by atoms with van der Waals surface area (Å²) in [5, 5.41) is 0.457. The molecular formula is C5HBrClN3S. The molecule has 0 atom stereocenters. The highest BCUT2D eigenvalue weighted by Gasteiger charge is 2.05. The fourth-order valence-corrected chi connectivity index (χ4v) is 2.23. The van der Waals surface area contributed by atoms with Crippen molar-refractivity contribution in [2.45, 2.75) is 0 Å². The Morgan fingerprint density at radius 3 is 3.00 bits per heavy atom. The number of hydrogen-bond acceptors (Lipinski definition) is 4. The highest BCUT2D eigenvalue weighted by atomic mass is 79.9. The minimum Gasteiger partial charge on any atom is -0.223 e. The fourth-order valence-electron chi connectivity index (χ4n) is 0.701. The van der Waals surface area contributed by atoms with Gasteiger partial charge < -0.3 is 0 Å². The molecule has 6 heteroatoms. The van der Waals surface area contributed by atoms with Gasteiger partial charge in [-0.1, -0.05) is 11.6 Å². The van der Waals surface area contributed by atoms with E-state index in [-0.39, 0.29) is 0 Å². The normalized spacial score (nSPS) is 10.7. The van der Waals surface area contributed by atoms with Crippen LogP contribution in [0.1, 0.15) is 0 Å². The molecule has 2 rings (SSSR count). The summed E-state index contributed by atoms with van der Waals surface area (Å²) in [6.45, 7) is 0. The first-order valence-electron chi connectivity index (χ1n) is 2.70. The molecule has 2 heterocycles. The van der Waals surface area contributed by atoms with E-state index in [1.54, 1.807) is 0 Å². The van der Waals surface area contributed by atoms with Crippen molar-refractivity contribution in [3.8, 4) is 0 Å². The van der Waals surface area contributed by atoms with E-state index >= 15 is 0 Å². The summed E-state index contributed by atoms with van der Waals surface area (Å²) >= 11 is 10.4. The highest BCUT2D eigenvalue weighted by Crippen LogP contribution is 2.28. The molecule has 0 aliphatic heterocycles. The van der Waals surface area contributed by atoms with Crippen molar-refractivity contribution >= 4 is 49.2 Å². The summed E-state index contributed by atoms with van der Waals surface area (Å²) in [5.74, 6) is 0. The van der Waals surface area contributed by atoms with E-state index in [9.17, 15) is 0 Å². The van der Waals surface area contributed by atoms with E-state index in [2.05, 4.69) is 30.9 Å². The van der Waals surface area contributed by atoms with Crippen LogP contribution in [0.3, 0.4) is 0 Å². The largest absolute Gasteiger partial charge is 0.223 e. The zero-order valence-electron chi connectivity index (χ0n) is 5.08. The third-order valence-electron chi connectivity index (χ3n) is 1.12. The Labute approximate surface area is 79.6 Å². The molecule has 0 saturated carbocycles. The molecular weight excluding hydrogens is 250 g/mol. The van der Waals surface area contributed by atoms with Gasteiger partial charge in [0.2, 0.25) is 0 Å². The minimum atomic E-state index is 0.457. The molecule has 3 nitrogen and oxygen atoms in total. The van der Waals surface area contributed by atoms with Gasteiger partial charge in [-0.05, 0) is 15.9 Å². The van der Waals surface area contributed by atoms with Crippen molar-refractivity contribution in [2.24, 2.45) is 0 Å². The predicted molar refractivity (Wildman–Crippen MR) is 47.9 cm³/mol. The van der Waals surface area contributed by atoms with Crippen molar-refractivity contribution in [2.75, 3.05) is 0 Å². The van der Waals surface area contributed by atoms with Gasteiger partial charge in [0.1, 0.15) is 11.0 Å². The molecule has 0 aromatic carbocycles. The lowest BCUT2D eigenvalue weighted by molar-refractivity contribution is 1.20. The van der Waals surface area contributed by atoms with Crippen LogP contribution in [0.4, 0.5) is 0 Å². The first-order chi connectivity index (χ1) is 5.27. The van der Waals surface area contributed by atoms with Crippen LogP contribution in [0, 0.1) is 0 Å². The number of fused-ring (bicyclic) bond motifs is 1. The van der Waals surface area contributed by atoms with Crippen molar-refractivity contribution in [3.05, 3.63) is 15.4 Å².